The van der Waals surface area contributed by atoms with Gasteiger partial charge in [-0.3, -0.25) is 20.2 Å². The van der Waals surface area contributed by atoms with Crippen molar-refractivity contribution in [1.29, 1.82) is 0 Å². The molecule has 2 N–H and O–H groups in total. The van der Waals surface area contributed by atoms with Gasteiger partial charge in [-0.05, 0) is 55.4 Å². The Hall–Kier alpha value is -2.91. The second-order valence-corrected chi connectivity index (χ2v) is 7.23. The Morgan fingerprint density at radius 1 is 1.24 bits per heavy atom. The van der Waals surface area contributed by atoms with Gasteiger partial charge in [-0.15, -0.1) is 0 Å². The van der Waals surface area contributed by atoms with Crippen LogP contribution in [0.25, 0.3) is 0 Å². The molecule has 10 heteroatoms. The first kappa shape index (κ1) is 20.8. The molecule has 1 aliphatic heterocycles. The number of nitrogens with zero attached hydrogens (tertiary/aromatic N) is 2. The molecule has 8 nitrogen and oxygen atoms in total. The number of ether oxygens (including phenoxy) is 1. The van der Waals surface area contributed by atoms with Crippen LogP contribution in [0, 0.1) is 10.1 Å². The Morgan fingerprint density at radius 3 is 2.59 bits per heavy atom. The first-order valence-electron chi connectivity index (χ1n) is 8.88. The Balaban J connectivity index is 1.66. The first-order valence-corrected chi connectivity index (χ1v) is 9.67. The fourth-order valence-electron chi connectivity index (χ4n) is 3.11. The van der Waals surface area contributed by atoms with Gasteiger partial charge in [-0.25, -0.2) is 0 Å². The molecule has 0 aliphatic carbocycles. The predicted molar refractivity (Wildman–Crippen MR) is 116 cm³/mol. The van der Waals surface area contributed by atoms with Crippen molar-refractivity contribution < 1.29 is 14.5 Å². The molecule has 0 spiro atoms. The average Bonchev–Trinajstić information content (AvgIpc) is 3.21. The maximum absolute atomic E-state index is 12.4. The van der Waals surface area contributed by atoms with Crippen LogP contribution in [-0.2, 0) is 0 Å². The summed E-state index contributed by atoms with van der Waals surface area (Å²) in [6.45, 7) is 1.96. The molecule has 0 unspecified atom stereocenters. The van der Waals surface area contributed by atoms with Crippen molar-refractivity contribution in [2.75, 3.05) is 30.4 Å². The summed E-state index contributed by atoms with van der Waals surface area (Å²) in [4.78, 5) is 25.1. The highest BCUT2D eigenvalue weighted by molar-refractivity contribution is 7.80. The molecule has 0 radical (unpaired) electrons. The molecule has 0 bridgehead atoms. The molecular formula is C19H19ClN4O4S. The third-order valence-corrected chi connectivity index (χ3v) is 5.02. The third-order valence-electron chi connectivity index (χ3n) is 4.52. The van der Waals surface area contributed by atoms with Crippen molar-refractivity contribution in [2.24, 2.45) is 0 Å². The van der Waals surface area contributed by atoms with Crippen LogP contribution in [0.2, 0.25) is 5.02 Å². The van der Waals surface area contributed by atoms with E-state index in [4.69, 9.17) is 28.6 Å². The Labute approximate surface area is 177 Å². The van der Waals surface area contributed by atoms with Gasteiger partial charge in [-0.2, -0.15) is 0 Å². The van der Waals surface area contributed by atoms with Crippen molar-refractivity contribution in [3.63, 3.8) is 0 Å². The molecular weight excluding hydrogens is 416 g/mol. The molecule has 1 amide bonds. The number of hydrogen-bond donors (Lipinski definition) is 2. The molecule has 1 aliphatic rings. The number of methoxy groups -OCH3 is 1. The van der Waals surface area contributed by atoms with E-state index in [9.17, 15) is 14.9 Å². The zero-order valence-electron chi connectivity index (χ0n) is 15.6. The summed E-state index contributed by atoms with van der Waals surface area (Å²) in [7, 11) is 1.32. The van der Waals surface area contributed by atoms with Gasteiger partial charge in [0.1, 0.15) is 0 Å². The van der Waals surface area contributed by atoms with Gasteiger partial charge in [0.15, 0.2) is 10.9 Å². The molecule has 3 rings (SSSR count). The molecule has 2 aromatic carbocycles. The zero-order chi connectivity index (χ0) is 21.0. The second-order valence-electron chi connectivity index (χ2n) is 6.41. The van der Waals surface area contributed by atoms with Crippen LogP contribution in [0.4, 0.5) is 17.1 Å². The van der Waals surface area contributed by atoms with E-state index in [-0.39, 0.29) is 22.1 Å². The average molecular weight is 435 g/mol. The van der Waals surface area contributed by atoms with E-state index in [1.165, 1.54) is 19.2 Å². The van der Waals surface area contributed by atoms with Crippen LogP contribution in [-0.4, -0.2) is 36.1 Å². The molecule has 1 heterocycles. The molecule has 0 saturated carbocycles. The van der Waals surface area contributed by atoms with Crippen molar-refractivity contribution in [1.82, 2.24) is 5.32 Å². The van der Waals surface area contributed by atoms with Gasteiger partial charge in [0.25, 0.3) is 5.91 Å². The standard InChI is InChI=1S/C19H19ClN4O4S/c1-28-17-7-4-12(10-16(17)24(26)27)18(25)22-19(29)21-13-5-6-15(14(20)11-13)23-8-2-3-9-23/h4-7,10-11H,2-3,8-9H2,1H3,(H2,21,22,25,29). The van der Waals surface area contributed by atoms with E-state index < -0.39 is 10.8 Å². The lowest BCUT2D eigenvalue weighted by Gasteiger charge is -2.20. The largest absolute Gasteiger partial charge is 0.490 e. The number of hydrogen-bond acceptors (Lipinski definition) is 6. The van der Waals surface area contributed by atoms with Crippen LogP contribution >= 0.6 is 23.8 Å². The van der Waals surface area contributed by atoms with Crippen molar-refractivity contribution in [2.45, 2.75) is 12.8 Å². The number of carbonyl (C=O) groups excluding carboxylic acids is 1. The van der Waals surface area contributed by atoms with Gasteiger partial charge < -0.3 is 15.0 Å². The summed E-state index contributed by atoms with van der Waals surface area (Å²) in [5, 5.41) is 17.2. The van der Waals surface area contributed by atoms with Gasteiger partial charge >= 0.3 is 5.69 Å². The number of nitro benzene ring substituents is 1. The van der Waals surface area contributed by atoms with Crippen LogP contribution in [0.3, 0.4) is 0 Å². The van der Waals surface area contributed by atoms with Gasteiger partial charge in [0.2, 0.25) is 0 Å². The third kappa shape index (κ3) is 4.93. The summed E-state index contributed by atoms with van der Waals surface area (Å²) < 4.78 is 4.93. The minimum absolute atomic E-state index is 0.0541. The number of carbonyl (C=O) groups is 1. The van der Waals surface area contributed by atoms with Crippen LogP contribution in [0.1, 0.15) is 23.2 Å². The topological polar surface area (TPSA) is 96.7 Å². The fraction of sp³-hybridized carbons (Fsp3) is 0.263. The molecule has 1 saturated heterocycles. The highest BCUT2D eigenvalue weighted by Gasteiger charge is 2.19. The van der Waals surface area contributed by atoms with Crippen LogP contribution < -0.4 is 20.3 Å². The predicted octanol–water partition coefficient (Wildman–Crippen LogP) is 3.98. The number of halogens is 1. The van der Waals surface area contributed by atoms with E-state index in [0.717, 1.165) is 37.7 Å². The summed E-state index contributed by atoms with van der Waals surface area (Å²) in [6, 6.07) is 9.40. The fourth-order valence-corrected chi connectivity index (χ4v) is 3.62. The van der Waals surface area contributed by atoms with Gasteiger partial charge in [0, 0.05) is 30.4 Å². The van der Waals surface area contributed by atoms with E-state index in [0.29, 0.717) is 10.7 Å². The number of thiocarbonyl (C=S) groups is 1. The molecule has 2 aromatic rings. The molecule has 29 heavy (non-hydrogen) atoms. The highest BCUT2D eigenvalue weighted by Crippen LogP contribution is 2.31. The maximum atomic E-state index is 12.4. The Morgan fingerprint density at radius 2 is 1.97 bits per heavy atom. The lowest BCUT2D eigenvalue weighted by Crippen LogP contribution is -2.34. The van der Waals surface area contributed by atoms with E-state index in [2.05, 4.69) is 15.5 Å². The molecule has 0 aromatic heterocycles. The van der Waals surface area contributed by atoms with E-state index in [1.54, 1.807) is 6.07 Å². The highest BCUT2D eigenvalue weighted by atomic mass is 35.5. The number of rotatable bonds is 5. The monoisotopic (exact) mass is 434 g/mol. The first-order chi connectivity index (χ1) is 13.9. The zero-order valence-corrected chi connectivity index (χ0v) is 17.2. The smallest absolute Gasteiger partial charge is 0.311 e. The molecule has 152 valence electrons. The van der Waals surface area contributed by atoms with Crippen molar-refractivity contribution in [3.8, 4) is 5.75 Å². The van der Waals surface area contributed by atoms with Crippen LogP contribution in [0.15, 0.2) is 36.4 Å². The SMILES string of the molecule is COc1ccc(C(=O)NC(=S)Nc2ccc(N3CCCC3)c(Cl)c2)cc1[N+](=O)[O-]. The summed E-state index contributed by atoms with van der Waals surface area (Å²) in [5.74, 6) is -0.506. The van der Waals surface area contributed by atoms with Crippen LogP contribution in [0.5, 0.6) is 5.75 Å². The quantitative estimate of drug-likeness (QED) is 0.417. The number of benzene rings is 2. The minimum Gasteiger partial charge on any atom is -0.490 e. The van der Waals surface area contributed by atoms with Crippen molar-refractivity contribution >= 4 is 51.9 Å². The minimum atomic E-state index is -0.615. The molecule has 0 atom stereocenters. The van der Waals surface area contributed by atoms with E-state index >= 15 is 0 Å². The summed E-state index contributed by atoms with van der Waals surface area (Å²) in [6.07, 6.45) is 2.30. The van der Waals surface area contributed by atoms with Crippen molar-refractivity contribution in [3.05, 3.63) is 57.1 Å². The summed E-state index contributed by atoms with van der Waals surface area (Å²) >= 11 is 11.6. The number of nitrogens with one attached hydrogen (secondary N) is 2. The summed E-state index contributed by atoms with van der Waals surface area (Å²) in [5.41, 5.74) is 1.38. The lowest BCUT2D eigenvalue weighted by molar-refractivity contribution is -0.385. The number of amides is 1. The number of anilines is 2. The van der Waals surface area contributed by atoms with Gasteiger partial charge in [-0.1, -0.05) is 11.6 Å². The maximum Gasteiger partial charge on any atom is 0.311 e. The van der Waals surface area contributed by atoms with Gasteiger partial charge in [0.05, 0.1) is 22.7 Å². The molecule has 1 fully saturated rings. The lowest BCUT2D eigenvalue weighted by atomic mass is 10.1. The Kier molecular flexibility index (Phi) is 6.50. The Bertz CT molecular complexity index is 963. The normalized spacial score (nSPS) is 13.1. The van der Waals surface area contributed by atoms with E-state index in [1.807, 2.05) is 12.1 Å². The number of nitro groups is 1. The second kappa shape index (κ2) is 9.06.